The van der Waals surface area contributed by atoms with Crippen LogP contribution in [0.4, 0.5) is 4.79 Å². The zero-order valence-electron chi connectivity index (χ0n) is 17.6. The molecule has 1 heterocycles. The summed E-state index contributed by atoms with van der Waals surface area (Å²) in [5.74, 6) is -1.28. The number of ether oxygens (including phenoxy) is 1. The number of carboxylic acid groups (broad SMARTS) is 1. The molecule has 0 bridgehead atoms. The molecule has 1 aliphatic carbocycles. The molecule has 2 aliphatic rings. The molecule has 2 N–H and O–H groups in total. The number of rotatable bonds is 5. The summed E-state index contributed by atoms with van der Waals surface area (Å²) in [5, 5.41) is 11.9. The second-order valence-corrected chi connectivity index (χ2v) is 8.57. The lowest BCUT2D eigenvalue weighted by Crippen LogP contribution is -2.47. The van der Waals surface area contributed by atoms with Gasteiger partial charge in [0.05, 0.1) is 5.41 Å². The molecule has 0 spiro atoms. The molecule has 162 valence electrons. The number of likely N-dealkylation sites (tertiary alicyclic amines) is 1. The van der Waals surface area contributed by atoms with Crippen LogP contribution < -0.4 is 5.32 Å². The maximum Gasteiger partial charge on any atom is 0.407 e. The fourth-order valence-corrected chi connectivity index (χ4v) is 4.48. The number of carbonyl (C=O) groups is 3. The van der Waals surface area contributed by atoms with Crippen molar-refractivity contribution in [2.24, 2.45) is 5.41 Å². The third kappa shape index (κ3) is 3.87. The summed E-state index contributed by atoms with van der Waals surface area (Å²) in [4.78, 5) is 37.9. The summed E-state index contributed by atoms with van der Waals surface area (Å²) in [6.07, 6.45) is -0.269. The van der Waals surface area contributed by atoms with Gasteiger partial charge in [0, 0.05) is 19.0 Å². The predicted molar refractivity (Wildman–Crippen MR) is 115 cm³/mol. The highest BCUT2D eigenvalue weighted by atomic mass is 16.5. The summed E-state index contributed by atoms with van der Waals surface area (Å²) in [6, 6.07) is 15.3. The Hall–Kier alpha value is -3.35. The molecule has 0 saturated carbocycles. The van der Waals surface area contributed by atoms with Crippen LogP contribution in [0, 0.1) is 5.41 Å². The summed E-state index contributed by atoms with van der Waals surface area (Å²) >= 11 is 0. The first-order chi connectivity index (χ1) is 14.8. The molecule has 2 amide bonds. The fourth-order valence-electron chi connectivity index (χ4n) is 4.48. The molecule has 7 heteroatoms. The Bertz CT molecular complexity index is 991. The van der Waals surface area contributed by atoms with Crippen molar-refractivity contribution in [2.45, 2.75) is 32.2 Å². The van der Waals surface area contributed by atoms with Crippen LogP contribution in [0.15, 0.2) is 48.5 Å². The van der Waals surface area contributed by atoms with Gasteiger partial charge < -0.3 is 20.1 Å². The van der Waals surface area contributed by atoms with Gasteiger partial charge in [-0.15, -0.1) is 0 Å². The van der Waals surface area contributed by atoms with Crippen molar-refractivity contribution in [2.75, 3.05) is 19.7 Å². The number of carbonyl (C=O) groups excluding carboxylic acids is 2. The van der Waals surface area contributed by atoms with Gasteiger partial charge in [-0.3, -0.25) is 9.59 Å². The number of benzene rings is 2. The van der Waals surface area contributed by atoms with Crippen molar-refractivity contribution in [1.82, 2.24) is 10.2 Å². The Balaban J connectivity index is 1.36. The van der Waals surface area contributed by atoms with E-state index in [9.17, 15) is 19.5 Å². The van der Waals surface area contributed by atoms with Crippen LogP contribution in [0.5, 0.6) is 0 Å². The highest BCUT2D eigenvalue weighted by molar-refractivity contribution is 5.87. The summed E-state index contributed by atoms with van der Waals surface area (Å²) in [5.41, 5.74) is 3.58. The highest BCUT2D eigenvalue weighted by Crippen LogP contribution is 2.44. The Morgan fingerprint density at radius 2 is 1.71 bits per heavy atom. The number of aliphatic carboxylic acids is 1. The summed E-state index contributed by atoms with van der Waals surface area (Å²) in [6.45, 7) is 3.88. The smallest absolute Gasteiger partial charge is 0.407 e. The lowest BCUT2D eigenvalue weighted by molar-refractivity contribution is -0.147. The molecule has 0 radical (unpaired) electrons. The molecular weight excluding hydrogens is 396 g/mol. The van der Waals surface area contributed by atoms with E-state index in [2.05, 4.69) is 17.4 Å². The Morgan fingerprint density at radius 1 is 1.13 bits per heavy atom. The maximum absolute atomic E-state index is 12.6. The lowest BCUT2D eigenvalue weighted by atomic mass is 9.90. The van der Waals surface area contributed by atoms with Gasteiger partial charge in [-0.2, -0.15) is 0 Å². The minimum atomic E-state index is -0.945. The van der Waals surface area contributed by atoms with E-state index < -0.39 is 23.5 Å². The summed E-state index contributed by atoms with van der Waals surface area (Å²) in [7, 11) is 0. The largest absolute Gasteiger partial charge is 0.481 e. The van der Waals surface area contributed by atoms with Crippen LogP contribution in [-0.4, -0.2) is 53.7 Å². The zero-order chi connectivity index (χ0) is 22.2. The number of alkyl carbamates (subject to hydrolysis) is 1. The van der Waals surface area contributed by atoms with Gasteiger partial charge in [0.25, 0.3) is 0 Å². The van der Waals surface area contributed by atoms with E-state index in [4.69, 9.17) is 4.74 Å². The maximum atomic E-state index is 12.6. The van der Waals surface area contributed by atoms with E-state index in [0.717, 1.165) is 22.3 Å². The quantitative estimate of drug-likeness (QED) is 0.771. The Morgan fingerprint density at radius 3 is 2.26 bits per heavy atom. The third-order valence-corrected chi connectivity index (χ3v) is 6.35. The van der Waals surface area contributed by atoms with E-state index in [1.54, 1.807) is 13.8 Å². The van der Waals surface area contributed by atoms with Crippen LogP contribution >= 0.6 is 0 Å². The molecule has 2 aromatic rings. The molecule has 1 saturated heterocycles. The first-order valence-electron chi connectivity index (χ1n) is 10.4. The first-order valence-corrected chi connectivity index (χ1v) is 10.4. The number of nitrogens with one attached hydrogen (secondary N) is 1. The molecule has 4 rings (SSSR count). The molecule has 1 aliphatic heterocycles. The second kappa shape index (κ2) is 8.06. The average Bonchev–Trinajstić information content (AvgIpc) is 3.31. The van der Waals surface area contributed by atoms with Crippen molar-refractivity contribution in [1.29, 1.82) is 0 Å². The van der Waals surface area contributed by atoms with Crippen LogP contribution in [0.1, 0.15) is 37.3 Å². The Labute approximate surface area is 181 Å². The minimum absolute atomic E-state index is 0.0565. The number of nitrogens with zero attached hydrogens (tertiary/aromatic N) is 1. The normalized spacial score (nSPS) is 20.6. The van der Waals surface area contributed by atoms with E-state index in [1.807, 2.05) is 36.4 Å². The van der Waals surface area contributed by atoms with Crippen LogP contribution in [0.25, 0.3) is 11.1 Å². The standard InChI is InChI=1S/C24H26N2O5/c1-15(21(27)26-12-11-24(2,14-26)22(28)29)25-23(30)31-13-20-18-9-5-3-7-16(18)17-8-4-6-10-19(17)20/h3-10,15,20H,11-14H2,1-2H3,(H,25,30)(H,28,29). The van der Waals surface area contributed by atoms with Gasteiger partial charge in [-0.05, 0) is 42.5 Å². The second-order valence-electron chi connectivity index (χ2n) is 8.57. The third-order valence-electron chi connectivity index (χ3n) is 6.35. The Kier molecular flexibility index (Phi) is 5.43. The van der Waals surface area contributed by atoms with Crippen LogP contribution in [0.2, 0.25) is 0 Å². The van der Waals surface area contributed by atoms with Gasteiger partial charge in [0.15, 0.2) is 0 Å². The molecule has 0 aromatic heterocycles. The molecule has 31 heavy (non-hydrogen) atoms. The molecule has 2 atom stereocenters. The van der Waals surface area contributed by atoms with E-state index in [1.165, 1.54) is 4.90 Å². The SMILES string of the molecule is CC(NC(=O)OCC1c2ccccc2-c2ccccc21)C(=O)N1CCC(C)(C(=O)O)C1. The number of carboxylic acids is 1. The predicted octanol–water partition coefficient (Wildman–Crippen LogP) is 3.24. The van der Waals surface area contributed by atoms with Crippen molar-refractivity contribution < 1.29 is 24.2 Å². The van der Waals surface area contributed by atoms with Gasteiger partial charge >= 0.3 is 12.1 Å². The number of hydrogen-bond acceptors (Lipinski definition) is 4. The molecule has 2 unspecified atom stereocenters. The number of hydrogen-bond donors (Lipinski definition) is 2. The van der Waals surface area contributed by atoms with Crippen molar-refractivity contribution in [3.63, 3.8) is 0 Å². The van der Waals surface area contributed by atoms with Crippen LogP contribution in [-0.2, 0) is 14.3 Å². The topological polar surface area (TPSA) is 95.9 Å². The molecule has 7 nitrogen and oxygen atoms in total. The summed E-state index contributed by atoms with van der Waals surface area (Å²) < 4.78 is 5.49. The monoisotopic (exact) mass is 422 g/mol. The minimum Gasteiger partial charge on any atom is -0.481 e. The number of fused-ring (bicyclic) bond motifs is 3. The molecule has 1 fully saturated rings. The van der Waals surface area contributed by atoms with Gasteiger partial charge in [-0.1, -0.05) is 48.5 Å². The fraction of sp³-hybridized carbons (Fsp3) is 0.375. The molecular formula is C24H26N2O5. The van der Waals surface area contributed by atoms with Crippen molar-refractivity contribution in [3.8, 4) is 11.1 Å². The van der Waals surface area contributed by atoms with Crippen LogP contribution in [0.3, 0.4) is 0 Å². The number of amides is 2. The first kappa shape index (κ1) is 20.9. The van der Waals surface area contributed by atoms with E-state index in [-0.39, 0.29) is 25.0 Å². The van der Waals surface area contributed by atoms with E-state index >= 15 is 0 Å². The van der Waals surface area contributed by atoms with Crippen molar-refractivity contribution in [3.05, 3.63) is 59.7 Å². The highest BCUT2D eigenvalue weighted by Gasteiger charge is 2.43. The van der Waals surface area contributed by atoms with E-state index in [0.29, 0.717) is 13.0 Å². The van der Waals surface area contributed by atoms with Gasteiger partial charge in [-0.25, -0.2) is 4.79 Å². The van der Waals surface area contributed by atoms with Crippen molar-refractivity contribution >= 4 is 18.0 Å². The average molecular weight is 422 g/mol. The zero-order valence-corrected chi connectivity index (χ0v) is 17.6. The lowest BCUT2D eigenvalue weighted by Gasteiger charge is -2.23. The van der Waals surface area contributed by atoms with Gasteiger partial charge in [0.2, 0.25) is 5.91 Å². The van der Waals surface area contributed by atoms with Gasteiger partial charge in [0.1, 0.15) is 12.6 Å². The molecule has 2 aromatic carbocycles.